The van der Waals surface area contributed by atoms with Gasteiger partial charge in [0, 0.05) is 10.5 Å². The van der Waals surface area contributed by atoms with E-state index in [9.17, 15) is 13.2 Å². The van der Waals surface area contributed by atoms with Crippen LogP contribution in [0.15, 0.2) is 22.7 Å². The van der Waals surface area contributed by atoms with E-state index in [-0.39, 0.29) is 12.6 Å². The first kappa shape index (κ1) is 15.3. The van der Waals surface area contributed by atoms with E-state index in [1.807, 2.05) is 0 Å². The number of halogens is 1. The van der Waals surface area contributed by atoms with Crippen molar-refractivity contribution >= 4 is 37.8 Å². The number of hydrogen-bond acceptors (Lipinski definition) is 4. The summed E-state index contributed by atoms with van der Waals surface area (Å²) in [6.07, 6.45) is 1.73. The smallest absolute Gasteiger partial charge is 0.338 e. The van der Waals surface area contributed by atoms with Crippen molar-refractivity contribution in [1.29, 1.82) is 0 Å². The standard InChI is InChI=1S/C12H15BrN2O4S/c1-2-19-12(16)8-3-6-11(10(13)7-8)15-20(17,18)14-9-4-5-9/h3,6-7,9,14-15H,2,4-5H2,1H3. The fourth-order valence-electron chi connectivity index (χ4n) is 1.53. The molecule has 2 rings (SSSR count). The normalized spacial score (nSPS) is 14.9. The summed E-state index contributed by atoms with van der Waals surface area (Å²) in [5.74, 6) is -0.446. The first-order valence-electron chi connectivity index (χ1n) is 6.18. The van der Waals surface area contributed by atoms with Crippen LogP contribution in [0, 0.1) is 0 Å². The summed E-state index contributed by atoms with van der Waals surface area (Å²) >= 11 is 3.24. The molecule has 1 saturated carbocycles. The number of carbonyl (C=O) groups is 1. The second kappa shape index (κ2) is 6.11. The van der Waals surface area contributed by atoms with E-state index in [4.69, 9.17) is 4.74 Å². The van der Waals surface area contributed by atoms with Crippen LogP contribution in [0.2, 0.25) is 0 Å². The van der Waals surface area contributed by atoms with Gasteiger partial charge in [0.2, 0.25) is 0 Å². The lowest BCUT2D eigenvalue weighted by Crippen LogP contribution is -2.31. The number of hydrogen-bond donors (Lipinski definition) is 2. The Hall–Kier alpha value is -1.12. The van der Waals surface area contributed by atoms with E-state index in [1.165, 1.54) is 18.2 Å². The highest BCUT2D eigenvalue weighted by atomic mass is 79.9. The predicted octanol–water partition coefficient (Wildman–Crippen LogP) is 2.03. The largest absolute Gasteiger partial charge is 0.462 e. The molecule has 110 valence electrons. The maximum absolute atomic E-state index is 11.8. The van der Waals surface area contributed by atoms with Crippen LogP contribution in [0.3, 0.4) is 0 Å². The first-order valence-corrected chi connectivity index (χ1v) is 8.45. The topological polar surface area (TPSA) is 84.5 Å². The van der Waals surface area contributed by atoms with Crippen molar-refractivity contribution in [1.82, 2.24) is 4.72 Å². The SMILES string of the molecule is CCOC(=O)c1ccc(NS(=O)(=O)NC2CC2)c(Br)c1. The molecule has 1 aromatic carbocycles. The second-order valence-corrected chi connectivity index (χ2v) is 6.71. The van der Waals surface area contributed by atoms with Crippen molar-refractivity contribution < 1.29 is 17.9 Å². The van der Waals surface area contributed by atoms with Crippen molar-refractivity contribution in [3.05, 3.63) is 28.2 Å². The highest BCUT2D eigenvalue weighted by Crippen LogP contribution is 2.26. The lowest BCUT2D eigenvalue weighted by molar-refractivity contribution is 0.0526. The van der Waals surface area contributed by atoms with Gasteiger partial charge in [-0.3, -0.25) is 4.72 Å². The van der Waals surface area contributed by atoms with Crippen LogP contribution in [0.25, 0.3) is 0 Å². The average Bonchev–Trinajstić information content (AvgIpc) is 3.15. The highest BCUT2D eigenvalue weighted by molar-refractivity contribution is 9.10. The third-order valence-corrected chi connectivity index (χ3v) is 4.41. The van der Waals surface area contributed by atoms with Gasteiger partial charge in [0.05, 0.1) is 17.9 Å². The van der Waals surface area contributed by atoms with Crippen LogP contribution >= 0.6 is 15.9 Å². The fraction of sp³-hybridized carbons (Fsp3) is 0.417. The maximum atomic E-state index is 11.8. The third-order valence-electron chi connectivity index (χ3n) is 2.62. The lowest BCUT2D eigenvalue weighted by atomic mass is 10.2. The van der Waals surface area contributed by atoms with Gasteiger partial charge >= 0.3 is 5.97 Å². The zero-order chi connectivity index (χ0) is 14.8. The number of anilines is 1. The van der Waals surface area contributed by atoms with Crippen LogP contribution in [0.5, 0.6) is 0 Å². The molecule has 0 heterocycles. The molecule has 8 heteroatoms. The summed E-state index contributed by atoms with van der Waals surface area (Å²) in [5.41, 5.74) is 0.725. The van der Waals surface area contributed by atoms with Crippen LogP contribution in [-0.2, 0) is 14.9 Å². The summed E-state index contributed by atoms with van der Waals surface area (Å²) in [5, 5.41) is 0. The Bertz CT molecular complexity index is 614. The Balaban J connectivity index is 2.11. The number of benzene rings is 1. The van der Waals surface area contributed by atoms with E-state index in [0.29, 0.717) is 15.7 Å². The molecular weight excluding hydrogens is 348 g/mol. The Morgan fingerprint density at radius 2 is 2.15 bits per heavy atom. The van der Waals surface area contributed by atoms with Crippen LogP contribution in [0.4, 0.5) is 5.69 Å². The van der Waals surface area contributed by atoms with Crippen molar-refractivity contribution in [2.24, 2.45) is 0 Å². The fourth-order valence-corrected chi connectivity index (χ4v) is 3.34. The number of rotatable bonds is 6. The molecule has 0 aliphatic heterocycles. The Labute approximate surface area is 126 Å². The van der Waals surface area contributed by atoms with E-state index < -0.39 is 16.2 Å². The molecular formula is C12H15BrN2O4S. The number of carbonyl (C=O) groups excluding carboxylic acids is 1. The van der Waals surface area contributed by atoms with Gasteiger partial charge in [-0.05, 0) is 53.9 Å². The molecule has 0 spiro atoms. The summed E-state index contributed by atoms with van der Waals surface area (Å²) in [7, 11) is -3.58. The summed E-state index contributed by atoms with van der Waals surface area (Å²) < 4.78 is 33.9. The van der Waals surface area contributed by atoms with E-state index in [2.05, 4.69) is 25.4 Å². The molecule has 1 fully saturated rings. The minimum Gasteiger partial charge on any atom is -0.462 e. The van der Waals surface area contributed by atoms with Crippen molar-refractivity contribution in [3.63, 3.8) is 0 Å². The van der Waals surface area contributed by atoms with Gasteiger partial charge in [0.1, 0.15) is 0 Å². The van der Waals surface area contributed by atoms with Crippen molar-refractivity contribution in [3.8, 4) is 0 Å². The molecule has 1 aromatic rings. The van der Waals surface area contributed by atoms with Gasteiger partial charge < -0.3 is 4.74 Å². The molecule has 0 bridgehead atoms. The van der Waals surface area contributed by atoms with E-state index >= 15 is 0 Å². The second-order valence-electron chi connectivity index (χ2n) is 4.41. The van der Waals surface area contributed by atoms with Crippen molar-refractivity contribution in [2.45, 2.75) is 25.8 Å². The third kappa shape index (κ3) is 4.19. The Morgan fingerprint density at radius 1 is 1.45 bits per heavy atom. The molecule has 0 unspecified atom stereocenters. The summed E-state index contributed by atoms with van der Waals surface area (Å²) in [4.78, 5) is 11.6. The van der Waals surface area contributed by atoms with Crippen LogP contribution in [-0.4, -0.2) is 27.0 Å². The molecule has 0 atom stereocenters. The van der Waals surface area contributed by atoms with Gasteiger partial charge in [0.15, 0.2) is 0 Å². The zero-order valence-electron chi connectivity index (χ0n) is 10.8. The quantitative estimate of drug-likeness (QED) is 0.758. The first-order chi connectivity index (χ1) is 9.41. The monoisotopic (exact) mass is 362 g/mol. The Kier molecular flexibility index (Phi) is 4.66. The van der Waals surface area contributed by atoms with Crippen LogP contribution < -0.4 is 9.44 Å². The number of ether oxygens (including phenoxy) is 1. The zero-order valence-corrected chi connectivity index (χ0v) is 13.3. The lowest BCUT2D eigenvalue weighted by Gasteiger charge is -2.11. The average molecular weight is 363 g/mol. The molecule has 2 N–H and O–H groups in total. The van der Waals surface area contributed by atoms with E-state index in [0.717, 1.165) is 12.8 Å². The molecule has 20 heavy (non-hydrogen) atoms. The molecule has 0 aromatic heterocycles. The number of esters is 1. The van der Waals surface area contributed by atoms with E-state index in [1.54, 1.807) is 6.92 Å². The molecule has 0 amide bonds. The molecule has 1 aliphatic rings. The molecule has 1 aliphatic carbocycles. The predicted molar refractivity (Wildman–Crippen MR) is 78.8 cm³/mol. The molecule has 0 saturated heterocycles. The molecule has 0 radical (unpaired) electrons. The number of nitrogens with one attached hydrogen (secondary N) is 2. The van der Waals surface area contributed by atoms with Gasteiger partial charge in [-0.2, -0.15) is 13.1 Å². The summed E-state index contributed by atoms with van der Waals surface area (Å²) in [6, 6.07) is 4.58. The van der Waals surface area contributed by atoms with Crippen LogP contribution in [0.1, 0.15) is 30.1 Å². The van der Waals surface area contributed by atoms with Gasteiger partial charge in [-0.1, -0.05) is 0 Å². The van der Waals surface area contributed by atoms with Gasteiger partial charge in [-0.25, -0.2) is 4.79 Å². The summed E-state index contributed by atoms with van der Waals surface area (Å²) in [6.45, 7) is 2.01. The van der Waals surface area contributed by atoms with Crippen molar-refractivity contribution in [2.75, 3.05) is 11.3 Å². The molecule has 6 nitrogen and oxygen atoms in total. The Morgan fingerprint density at radius 3 is 2.70 bits per heavy atom. The highest BCUT2D eigenvalue weighted by Gasteiger charge is 2.27. The van der Waals surface area contributed by atoms with Gasteiger partial charge in [0.25, 0.3) is 10.2 Å². The van der Waals surface area contributed by atoms with Gasteiger partial charge in [-0.15, -0.1) is 0 Å². The minimum absolute atomic E-state index is 0.0325. The maximum Gasteiger partial charge on any atom is 0.338 e. The minimum atomic E-state index is -3.58.